The van der Waals surface area contributed by atoms with Crippen LogP contribution in [0.2, 0.25) is 0 Å². The molecule has 0 saturated heterocycles. The number of pyridine rings is 1. The van der Waals surface area contributed by atoms with Crippen LogP contribution in [0.15, 0.2) is 18.3 Å². The molecule has 2 aromatic rings. The second-order valence-electron chi connectivity index (χ2n) is 4.93. The van der Waals surface area contributed by atoms with Crippen molar-refractivity contribution in [3.8, 4) is 5.82 Å². The van der Waals surface area contributed by atoms with E-state index in [2.05, 4.69) is 10.1 Å². The monoisotopic (exact) mass is 273 g/mol. The van der Waals surface area contributed by atoms with E-state index in [0.717, 1.165) is 28.3 Å². The quantitative estimate of drug-likeness (QED) is 0.806. The van der Waals surface area contributed by atoms with E-state index >= 15 is 0 Å². The topological polar surface area (TPSA) is 57.0 Å². The first-order chi connectivity index (χ1) is 9.45. The van der Waals surface area contributed by atoms with Gasteiger partial charge in [-0.15, -0.1) is 0 Å². The normalized spacial score (nSPS) is 12.2. The SMILES string of the molecule is COC(=O)C(C)c1c(C)nn(-c2cc(C)ccn2)c1C. The Bertz CT molecular complexity index is 647. The largest absolute Gasteiger partial charge is 0.469 e. The number of hydrogen-bond donors (Lipinski definition) is 0. The van der Waals surface area contributed by atoms with E-state index in [4.69, 9.17) is 4.74 Å². The zero-order valence-electron chi connectivity index (χ0n) is 12.5. The minimum absolute atomic E-state index is 0.257. The number of hydrogen-bond acceptors (Lipinski definition) is 4. The van der Waals surface area contributed by atoms with Gasteiger partial charge in [-0.2, -0.15) is 5.10 Å². The van der Waals surface area contributed by atoms with Crippen LogP contribution in [0.4, 0.5) is 0 Å². The lowest BCUT2D eigenvalue weighted by molar-refractivity contribution is -0.142. The van der Waals surface area contributed by atoms with Crippen molar-refractivity contribution in [2.75, 3.05) is 7.11 Å². The molecule has 2 rings (SSSR count). The van der Waals surface area contributed by atoms with Gasteiger partial charge >= 0.3 is 5.97 Å². The number of carbonyl (C=O) groups is 1. The molecule has 0 aromatic carbocycles. The molecule has 0 amide bonds. The maximum atomic E-state index is 11.7. The summed E-state index contributed by atoms with van der Waals surface area (Å²) in [6.07, 6.45) is 1.75. The molecule has 0 aliphatic carbocycles. The molecule has 0 radical (unpaired) electrons. The third kappa shape index (κ3) is 2.43. The average Bonchev–Trinajstić information content (AvgIpc) is 2.72. The summed E-state index contributed by atoms with van der Waals surface area (Å²) >= 11 is 0. The van der Waals surface area contributed by atoms with Crippen LogP contribution < -0.4 is 0 Å². The van der Waals surface area contributed by atoms with E-state index in [1.165, 1.54) is 7.11 Å². The maximum absolute atomic E-state index is 11.7. The van der Waals surface area contributed by atoms with Gasteiger partial charge < -0.3 is 4.74 Å². The van der Waals surface area contributed by atoms with Crippen molar-refractivity contribution in [2.24, 2.45) is 0 Å². The Hall–Kier alpha value is -2.17. The fourth-order valence-corrected chi connectivity index (χ4v) is 2.44. The molecule has 5 heteroatoms. The van der Waals surface area contributed by atoms with Gasteiger partial charge in [0.2, 0.25) is 0 Å². The van der Waals surface area contributed by atoms with Crippen molar-refractivity contribution in [2.45, 2.75) is 33.6 Å². The summed E-state index contributed by atoms with van der Waals surface area (Å²) in [5.41, 5.74) is 3.76. The van der Waals surface area contributed by atoms with E-state index in [-0.39, 0.29) is 11.9 Å². The summed E-state index contributed by atoms with van der Waals surface area (Å²) in [7, 11) is 1.40. The smallest absolute Gasteiger partial charge is 0.312 e. The number of nitrogens with zero attached hydrogens (tertiary/aromatic N) is 3. The number of rotatable bonds is 3. The Kier molecular flexibility index (Phi) is 3.88. The van der Waals surface area contributed by atoms with Crippen molar-refractivity contribution < 1.29 is 9.53 Å². The predicted molar refractivity (Wildman–Crippen MR) is 76.0 cm³/mol. The van der Waals surface area contributed by atoms with Crippen LogP contribution in [0.25, 0.3) is 5.82 Å². The molecule has 2 heterocycles. The summed E-state index contributed by atoms with van der Waals surface area (Å²) in [6, 6.07) is 3.90. The van der Waals surface area contributed by atoms with E-state index in [1.54, 1.807) is 10.9 Å². The maximum Gasteiger partial charge on any atom is 0.312 e. The Morgan fingerprint density at radius 3 is 2.65 bits per heavy atom. The minimum Gasteiger partial charge on any atom is -0.469 e. The van der Waals surface area contributed by atoms with Crippen LogP contribution in [-0.2, 0) is 9.53 Å². The number of aryl methyl sites for hydroxylation is 2. The molecule has 0 bridgehead atoms. The Morgan fingerprint density at radius 1 is 1.35 bits per heavy atom. The highest BCUT2D eigenvalue weighted by atomic mass is 16.5. The van der Waals surface area contributed by atoms with Gasteiger partial charge in [-0.1, -0.05) is 0 Å². The van der Waals surface area contributed by atoms with Gasteiger partial charge in [0.25, 0.3) is 0 Å². The molecule has 106 valence electrons. The number of methoxy groups -OCH3 is 1. The van der Waals surface area contributed by atoms with E-state index in [9.17, 15) is 4.79 Å². The van der Waals surface area contributed by atoms with Gasteiger partial charge in [0, 0.05) is 17.5 Å². The summed E-state index contributed by atoms with van der Waals surface area (Å²) in [5.74, 6) is 0.167. The highest BCUT2D eigenvalue weighted by Crippen LogP contribution is 2.25. The lowest BCUT2D eigenvalue weighted by Gasteiger charge is -2.10. The van der Waals surface area contributed by atoms with Crippen LogP contribution in [0, 0.1) is 20.8 Å². The minimum atomic E-state index is -0.335. The van der Waals surface area contributed by atoms with Crippen molar-refractivity contribution in [3.05, 3.63) is 40.8 Å². The number of ether oxygens (including phenoxy) is 1. The molecule has 0 N–H and O–H groups in total. The van der Waals surface area contributed by atoms with Crippen molar-refractivity contribution >= 4 is 5.97 Å². The lowest BCUT2D eigenvalue weighted by Crippen LogP contribution is -2.12. The molecule has 20 heavy (non-hydrogen) atoms. The highest BCUT2D eigenvalue weighted by Gasteiger charge is 2.24. The molecule has 0 fully saturated rings. The first-order valence-corrected chi connectivity index (χ1v) is 6.52. The molecule has 1 unspecified atom stereocenters. The van der Waals surface area contributed by atoms with Gasteiger partial charge in [0.1, 0.15) is 0 Å². The Balaban J connectivity index is 2.51. The fraction of sp³-hybridized carbons (Fsp3) is 0.400. The average molecular weight is 273 g/mol. The Labute approximate surface area is 118 Å². The van der Waals surface area contributed by atoms with Crippen LogP contribution in [0.1, 0.15) is 35.4 Å². The van der Waals surface area contributed by atoms with E-state index in [1.807, 2.05) is 39.8 Å². The van der Waals surface area contributed by atoms with Gasteiger partial charge in [0.05, 0.1) is 18.7 Å². The van der Waals surface area contributed by atoms with Crippen molar-refractivity contribution in [3.63, 3.8) is 0 Å². The third-order valence-corrected chi connectivity index (χ3v) is 3.45. The molecule has 2 aromatic heterocycles. The molecule has 1 atom stereocenters. The second kappa shape index (κ2) is 5.45. The molecule has 0 aliphatic rings. The van der Waals surface area contributed by atoms with Crippen LogP contribution >= 0.6 is 0 Å². The summed E-state index contributed by atoms with van der Waals surface area (Å²) in [5, 5.41) is 4.51. The fourth-order valence-electron chi connectivity index (χ4n) is 2.44. The zero-order chi connectivity index (χ0) is 14.9. The summed E-state index contributed by atoms with van der Waals surface area (Å²) in [6.45, 7) is 7.68. The molecule has 0 saturated carbocycles. The van der Waals surface area contributed by atoms with Gasteiger partial charge in [-0.05, 0) is 45.4 Å². The van der Waals surface area contributed by atoms with E-state index < -0.39 is 0 Å². The first kappa shape index (κ1) is 14.2. The lowest BCUT2D eigenvalue weighted by atomic mass is 9.99. The highest BCUT2D eigenvalue weighted by molar-refractivity contribution is 5.78. The molecule has 5 nitrogen and oxygen atoms in total. The van der Waals surface area contributed by atoms with Crippen LogP contribution in [0.5, 0.6) is 0 Å². The molecule has 0 spiro atoms. The number of esters is 1. The summed E-state index contributed by atoms with van der Waals surface area (Å²) in [4.78, 5) is 16.1. The van der Waals surface area contributed by atoms with Crippen LogP contribution in [0.3, 0.4) is 0 Å². The molecular weight excluding hydrogens is 254 g/mol. The predicted octanol–water partition coefficient (Wildman–Crippen LogP) is 2.47. The van der Waals surface area contributed by atoms with E-state index in [0.29, 0.717) is 0 Å². The molecule has 0 aliphatic heterocycles. The van der Waals surface area contributed by atoms with Gasteiger partial charge in [0.15, 0.2) is 5.82 Å². The summed E-state index contributed by atoms with van der Waals surface area (Å²) < 4.78 is 6.59. The van der Waals surface area contributed by atoms with Crippen molar-refractivity contribution in [1.82, 2.24) is 14.8 Å². The Morgan fingerprint density at radius 2 is 2.05 bits per heavy atom. The van der Waals surface area contributed by atoms with Crippen molar-refractivity contribution in [1.29, 1.82) is 0 Å². The zero-order valence-corrected chi connectivity index (χ0v) is 12.5. The van der Waals surface area contributed by atoms with Crippen LogP contribution in [-0.4, -0.2) is 27.8 Å². The second-order valence-corrected chi connectivity index (χ2v) is 4.93. The van der Waals surface area contributed by atoms with Gasteiger partial charge in [-0.3, -0.25) is 4.79 Å². The molecular formula is C15H19N3O2. The number of aromatic nitrogens is 3. The number of carbonyl (C=O) groups excluding carboxylic acids is 1. The third-order valence-electron chi connectivity index (χ3n) is 3.45. The first-order valence-electron chi connectivity index (χ1n) is 6.52. The van der Waals surface area contributed by atoms with Gasteiger partial charge in [-0.25, -0.2) is 9.67 Å². The standard InChI is InChI=1S/C15H19N3O2/c1-9-6-7-16-13(8-9)18-12(4)14(11(3)17-18)10(2)15(19)20-5/h6-8,10H,1-5H3.